The first-order valence-corrected chi connectivity index (χ1v) is 21.6. The van der Waals surface area contributed by atoms with Gasteiger partial charge in [0, 0.05) is 13.0 Å². The quantitative estimate of drug-likeness (QED) is 0.0212. The van der Waals surface area contributed by atoms with E-state index in [4.69, 9.17) is 24.3 Å². The third-order valence-corrected chi connectivity index (χ3v) is 8.91. The second-order valence-corrected chi connectivity index (χ2v) is 14.3. The van der Waals surface area contributed by atoms with Gasteiger partial charge in [0.25, 0.3) is 0 Å². The van der Waals surface area contributed by atoms with E-state index in [9.17, 15) is 14.3 Å². The summed E-state index contributed by atoms with van der Waals surface area (Å²) in [7, 11) is -4.28. The van der Waals surface area contributed by atoms with E-state index in [1.165, 1.54) is 70.6 Å². The number of phosphoric acid groups is 1. The minimum atomic E-state index is -4.28. The zero-order chi connectivity index (χ0) is 38.1. The highest BCUT2D eigenvalue weighted by Gasteiger charge is 2.24. The second-order valence-electron chi connectivity index (χ2n) is 12.8. The number of allylic oxidation sites excluding steroid dienone is 13. The van der Waals surface area contributed by atoms with Crippen LogP contribution >= 0.6 is 7.82 Å². The van der Waals surface area contributed by atoms with Gasteiger partial charge in [0.05, 0.1) is 19.5 Å². The van der Waals surface area contributed by atoms with Crippen molar-refractivity contribution in [1.29, 1.82) is 0 Å². The average molecular weight is 748 g/mol. The van der Waals surface area contributed by atoms with Gasteiger partial charge in [-0.15, -0.1) is 0 Å². The molecule has 298 valence electrons. The number of unbranched alkanes of at least 4 members (excludes halogenated alkanes) is 12. The van der Waals surface area contributed by atoms with Gasteiger partial charge < -0.3 is 20.1 Å². The summed E-state index contributed by atoms with van der Waals surface area (Å²) in [6.45, 7) is 3.99. The molecule has 0 heterocycles. The molecule has 2 atom stereocenters. The lowest BCUT2D eigenvalue weighted by atomic mass is 10.0. The molecule has 0 aliphatic rings. The Hall–Kier alpha value is -2.48. The minimum absolute atomic E-state index is 0.0874. The molecular formula is C43H74NO7P. The van der Waals surface area contributed by atoms with Gasteiger partial charge in [-0.05, 0) is 63.9 Å². The van der Waals surface area contributed by atoms with E-state index in [1.807, 2.05) is 18.2 Å². The van der Waals surface area contributed by atoms with E-state index in [2.05, 4.69) is 74.6 Å². The van der Waals surface area contributed by atoms with Gasteiger partial charge in [-0.2, -0.15) is 0 Å². The van der Waals surface area contributed by atoms with E-state index in [0.29, 0.717) is 6.42 Å². The van der Waals surface area contributed by atoms with Gasteiger partial charge in [0.2, 0.25) is 0 Å². The van der Waals surface area contributed by atoms with E-state index < -0.39 is 13.9 Å². The predicted octanol–water partition coefficient (Wildman–Crippen LogP) is 12.1. The zero-order valence-corrected chi connectivity index (χ0v) is 33.7. The summed E-state index contributed by atoms with van der Waals surface area (Å²) in [5.74, 6) is -0.375. The lowest BCUT2D eigenvalue weighted by Crippen LogP contribution is -2.25. The standard InChI is InChI=1S/C43H74NO7P/c1-3-5-7-9-11-13-15-17-19-20-21-22-23-24-26-28-30-32-34-36-43(45)49-40-42(41-51-52(46,47)50-39-37-44)48-38-35-33-31-29-27-25-18-16-14-12-10-8-6-4-2/h5,7,11,13,17,19,21-22,24,26,30,32,35,38,42H,3-4,6,8-10,12,14-16,18,20,23,25,27-29,31,33-34,36-37,39-41,44H2,1-2H3,(H,46,47). The largest absolute Gasteiger partial charge is 0.492 e. The maximum atomic E-state index is 12.3. The predicted molar refractivity (Wildman–Crippen MR) is 219 cm³/mol. The lowest BCUT2D eigenvalue weighted by Gasteiger charge is -2.19. The normalized spacial score (nSPS) is 14.4. The Kier molecular flexibility index (Phi) is 37.8. The maximum Gasteiger partial charge on any atom is 0.472 e. The number of phosphoric ester groups is 1. The number of carbonyl (C=O) groups excluding carboxylic acids is 1. The Bertz CT molecular complexity index is 1060. The van der Waals surface area contributed by atoms with Crippen LogP contribution < -0.4 is 5.73 Å². The van der Waals surface area contributed by atoms with E-state index >= 15 is 0 Å². The zero-order valence-electron chi connectivity index (χ0n) is 32.8. The Balaban J connectivity index is 4.26. The molecule has 9 heteroatoms. The first-order chi connectivity index (χ1) is 25.4. The third kappa shape index (κ3) is 38.7. The van der Waals surface area contributed by atoms with Gasteiger partial charge in [0.15, 0.2) is 6.10 Å². The Morgan fingerprint density at radius 1 is 0.615 bits per heavy atom. The van der Waals surface area contributed by atoms with E-state index in [-0.39, 0.29) is 38.8 Å². The SMILES string of the molecule is CCC=CCC=CCC=CCC=CCC=CCC=CCCC(=O)OCC(COP(=O)(O)OCCN)OC=CCCCCCCCCCCCCCC. The highest BCUT2D eigenvalue weighted by Crippen LogP contribution is 2.43. The molecule has 0 radical (unpaired) electrons. The molecule has 0 rings (SSSR count). The Morgan fingerprint density at radius 3 is 1.60 bits per heavy atom. The van der Waals surface area contributed by atoms with E-state index in [1.54, 1.807) is 6.26 Å². The first-order valence-electron chi connectivity index (χ1n) is 20.1. The van der Waals surface area contributed by atoms with Crippen LogP contribution in [0.5, 0.6) is 0 Å². The molecule has 3 N–H and O–H groups in total. The molecule has 0 aromatic rings. The molecule has 0 aromatic carbocycles. The van der Waals surface area contributed by atoms with Crippen LogP contribution in [-0.2, 0) is 27.9 Å². The molecule has 8 nitrogen and oxygen atoms in total. The van der Waals surface area contributed by atoms with Crippen molar-refractivity contribution in [3.8, 4) is 0 Å². The molecule has 0 aliphatic heterocycles. The maximum absolute atomic E-state index is 12.3. The average Bonchev–Trinajstić information content (AvgIpc) is 3.14. The minimum Gasteiger partial charge on any atom is -0.492 e. The molecule has 0 saturated carbocycles. The summed E-state index contributed by atoms with van der Waals surface area (Å²) in [6.07, 6.45) is 51.4. The Morgan fingerprint density at radius 2 is 1.10 bits per heavy atom. The molecule has 0 aromatic heterocycles. The molecule has 0 aliphatic carbocycles. The summed E-state index contributed by atoms with van der Waals surface area (Å²) < 4.78 is 33.0. The number of hydrogen-bond acceptors (Lipinski definition) is 7. The molecule has 2 unspecified atom stereocenters. The van der Waals surface area contributed by atoms with E-state index in [0.717, 1.165) is 51.4 Å². The summed E-state index contributed by atoms with van der Waals surface area (Å²) in [5, 5.41) is 0. The van der Waals surface area contributed by atoms with Crippen LogP contribution in [0.3, 0.4) is 0 Å². The molecule has 0 amide bonds. The highest BCUT2D eigenvalue weighted by molar-refractivity contribution is 7.47. The van der Waals surface area contributed by atoms with Gasteiger partial charge >= 0.3 is 13.8 Å². The number of esters is 1. The molecular weight excluding hydrogens is 673 g/mol. The van der Waals surface area contributed by atoms with Crippen LogP contribution in [0.4, 0.5) is 0 Å². The van der Waals surface area contributed by atoms with Crippen molar-refractivity contribution in [3.63, 3.8) is 0 Å². The number of carbonyl (C=O) groups is 1. The monoisotopic (exact) mass is 748 g/mol. The fraction of sp³-hybridized carbons (Fsp3) is 0.651. The lowest BCUT2D eigenvalue weighted by molar-refractivity contribution is -0.147. The number of ether oxygens (including phenoxy) is 2. The fourth-order valence-corrected chi connectivity index (χ4v) is 5.71. The molecule has 52 heavy (non-hydrogen) atoms. The second kappa shape index (κ2) is 39.7. The number of hydrogen-bond donors (Lipinski definition) is 2. The summed E-state index contributed by atoms with van der Waals surface area (Å²) in [4.78, 5) is 22.2. The number of rotatable bonds is 37. The molecule has 0 bridgehead atoms. The van der Waals surface area contributed by atoms with Crippen molar-refractivity contribution in [2.24, 2.45) is 5.73 Å². The summed E-state index contributed by atoms with van der Waals surface area (Å²) >= 11 is 0. The highest BCUT2D eigenvalue weighted by atomic mass is 31.2. The van der Waals surface area contributed by atoms with Crippen LogP contribution in [0.2, 0.25) is 0 Å². The van der Waals surface area contributed by atoms with Crippen molar-refractivity contribution in [2.75, 3.05) is 26.4 Å². The van der Waals surface area contributed by atoms with Crippen molar-refractivity contribution in [3.05, 3.63) is 85.3 Å². The van der Waals surface area contributed by atoms with Crippen molar-refractivity contribution in [1.82, 2.24) is 0 Å². The smallest absolute Gasteiger partial charge is 0.472 e. The Labute approximate surface area is 318 Å². The first kappa shape index (κ1) is 49.5. The van der Waals surface area contributed by atoms with Gasteiger partial charge in [0.1, 0.15) is 6.61 Å². The third-order valence-electron chi connectivity index (χ3n) is 7.93. The van der Waals surface area contributed by atoms with Crippen LogP contribution in [0, 0.1) is 0 Å². The van der Waals surface area contributed by atoms with Crippen LogP contribution in [0.25, 0.3) is 0 Å². The molecule has 0 spiro atoms. The molecule has 0 saturated heterocycles. The fourth-order valence-electron chi connectivity index (χ4n) is 4.95. The van der Waals surface area contributed by atoms with Gasteiger partial charge in [-0.25, -0.2) is 4.57 Å². The van der Waals surface area contributed by atoms with Crippen LogP contribution in [0.15, 0.2) is 85.3 Å². The summed E-state index contributed by atoms with van der Waals surface area (Å²) in [5.41, 5.74) is 5.35. The van der Waals surface area contributed by atoms with Crippen LogP contribution in [-0.4, -0.2) is 43.3 Å². The van der Waals surface area contributed by atoms with Crippen molar-refractivity contribution < 1.29 is 32.8 Å². The van der Waals surface area contributed by atoms with Gasteiger partial charge in [-0.3, -0.25) is 13.8 Å². The van der Waals surface area contributed by atoms with Crippen LogP contribution in [0.1, 0.15) is 149 Å². The topological polar surface area (TPSA) is 117 Å². The van der Waals surface area contributed by atoms with Crippen molar-refractivity contribution >= 4 is 13.8 Å². The molecule has 0 fully saturated rings. The summed E-state index contributed by atoms with van der Waals surface area (Å²) in [6, 6.07) is 0. The number of nitrogens with two attached hydrogens (primary N) is 1. The van der Waals surface area contributed by atoms with Gasteiger partial charge in [-0.1, -0.05) is 157 Å². The van der Waals surface area contributed by atoms with Crippen molar-refractivity contribution in [2.45, 2.75) is 155 Å².